The molecule has 1 aromatic carbocycles. The highest BCUT2D eigenvalue weighted by Gasteiger charge is 2.28. The number of carbonyl (C=O) groups is 2. The molecule has 0 saturated carbocycles. The van der Waals surface area contributed by atoms with Gasteiger partial charge in [0.15, 0.2) is 5.13 Å². The van der Waals surface area contributed by atoms with Gasteiger partial charge in [-0.2, -0.15) is 0 Å². The fourth-order valence-electron chi connectivity index (χ4n) is 2.55. The van der Waals surface area contributed by atoms with Gasteiger partial charge in [-0.15, -0.1) is 0 Å². The van der Waals surface area contributed by atoms with E-state index in [-0.39, 0.29) is 17.7 Å². The summed E-state index contributed by atoms with van der Waals surface area (Å²) in [6, 6.07) is 9.34. The summed E-state index contributed by atoms with van der Waals surface area (Å²) in [6.45, 7) is 4.69. The highest BCUT2D eigenvalue weighted by Crippen LogP contribution is 2.33. The standard InChI is InChI=1S/C17H19N3O2S/c1-11(2)14-15(16(22)18-12-7-4-3-5-8-12)23-17(19-14)20-10-6-9-13(20)21/h3-5,7-8,11H,6,9-10H2,1-2H3,(H,18,22). The molecule has 0 spiro atoms. The third kappa shape index (κ3) is 3.27. The number of amides is 2. The van der Waals surface area contributed by atoms with Crippen molar-refractivity contribution in [2.24, 2.45) is 0 Å². The number of benzene rings is 1. The van der Waals surface area contributed by atoms with Crippen molar-refractivity contribution < 1.29 is 9.59 Å². The van der Waals surface area contributed by atoms with Crippen molar-refractivity contribution in [1.82, 2.24) is 4.98 Å². The lowest BCUT2D eigenvalue weighted by Crippen LogP contribution is -2.23. The van der Waals surface area contributed by atoms with Crippen LogP contribution in [0, 0.1) is 0 Å². The van der Waals surface area contributed by atoms with E-state index in [4.69, 9.17) is 0 Å². The Hall–Kier alpha value is -2.21. The summed E-state index contributed by atoms with van der Waals surface area (Å²) in [5.74, 6) is 0.0357. The number of para-hydroxylation sites is 1. The van der Waals surface area contributed by atoms with Crippen LogP contribution in [0.25, 0.3) is 0 Å². The van der Waals surface area contributed by atoms with Gasteiger partial charge in [-0.3, -0.25) is 14.5 Å². The predicted octanol–water partition coefficient (Wildman–Crippen LogP) is 3.65. The number of aromatic nitrogens is 1. The highest BCUT2D eigenvalue weighted by molar-refractivity contribution is 7.18. The number of nitrogens with one attached hydrogen (secondary N) is 1. The molecule has 0 atom stereocenters. The molecule has 1 aliphatic heterocycles. The Balaban J connectivity index is 1.89. The number of thiazole rings is 1. The van der Waals surface area contributed by atoms with Gasteiger partial charge in [-0.05, 0) is 24.5 Å². The van der Waals surface area contributed by atoms with E-state index in [2.05, 4.69) is 10.3 Å². The second-order valence-corrected chi connectivity index (χ2v) is 6.81. The van der Waals surface area contributed by atoms with Crippen molar-refractivity contribution in [1.29, 1.82) is 0 Å². The quantitative estimate of drug-likeness (QED) is 0.931. The Morgan fingerprint density at radius 3 is 2.65 bits per heavy atom. The zero-order valence-electron chi connectivity index (χ0n) is 13.2. The number of hydrogen-bond donors (Lipinski definition) is 1. The average Bonchev–Trinajstić information content (AvgIpc) is 3.14. The molecule has 0 bridgehead atoms. The molecule has 2 aromatic rings. The number of nitrogens with zero attached hydrogens (tertiary/aromatic N) is 2. The summed E-state index contributed by atoms with van der Waals surface area (Å²) in [4.78, 5) is 31.4. The zero-order valence-corrected chi connectivity index (χ0v) is 14.0. The van der Waals surface area contributed by atoms with E-state index in [1.807, 2.05) is 44.2 Å². The third-order valence-electron chi connectivity index (χ3n) is 3.73. The normalized spacial score (nSPS) is 14.6. The van der Waals surface area contributed by atoms with Crippen LogP contribution >= 0.6 is 11.3 Å². The molecule has 0 radical (unpaired) electrons. The highest BCUT2D eigenvalue weighted by atomic mass is 32.1. The van der Waals surface area contributed by atoms with E-state index in [9.17, 15) is 9.59 Å². The Morgan fingerprint density at radius 1 is 1.30 bits per heavy atom. The fourth-order valence-corrected chi connectivity index (χ4v) is 3.71. The number of hydrogen-bond acceptors (Lipinski definition) is 4. The molecule has 6 heteroatoms. The maximum absolute atomic E-state index is 12.6. The van der Waals surface area contributed by atoms with Crippen LogP contribution in [0.5, 0.6) is 0 Å². The lowest BCUT2D eigenvalue weighted by Gasteiger charge is -2.10. The van der Waals surface area contributed by atoms with Gasteiger partial charge in [0.05, 0.1) is 5.69 Å². The van der Waals surface area contributed by atoms with Crippen LogP contribution in [-0.4, -0.2) is 23.3 Å². The van der Waals surface area contributed by atoms with Crippen molar-refractivity contribution in [3.8, 4) is 0 Å². The topological polar surface area (TPSA) is 62.3 Å². The van der Waals surface area contributed by atoms with Crippen LogP contribution < -0.4 is 10.2 Å². The van der Waals surface area contributed by atoms with Crippen molar-refractivity contribution in [2.75, 3.05) is 16.8 Å². The van der Waals surface area contributed by atoms with Gasteiger partial charge in [-0.25, -0.2) is 4.98 Å². The van der Waals surface area contributed by atoms with E-state index in [1.165, 1.54) is 11.3 Å². The molecule has 3 rings (SSSR count). The summed E-state index contributed by atoms with van der Waals surface area (Å²) in [7, 11) is 0. The van der Waals surface area contributed by atoms with Crippen molar-refractivity contribution >= 4 is 34.0 Å². The average molecular weight is 329 g/mol. The van der Waals surface area contributed by atoms with Gasteiger partial charge in [0.25, 0.3) is 5.91 Å². The Morgan fingerprint density at radius 2 is 2.04 bits per heavy atom. The van der Waals surface area contributed by atoms with Gasteiger partial charge >= 0.3 is 0 Å². The largest absolute Gasteiger partial charge is 0.321 e. The first-order valence-electron chi connectivity index (χ1n) is 7.73. The van der Waals surface area contributed by atoms with Gasteiger partial charge < -0.3 is 5.32 Å². The first-order valence-corrected chi connectivity index (χ1v) is 8.55. The molecule has 1 aliphatic rings. The molecule has 1 aromatic heterocycles. The third-order valence-corrected chi connectivity index (χ3v) is 4.82. The van der Waals surface area contributed by atoms with Crippen LogP contribution in [0.15, 0.2) is 30.3 Å². The number of anilines is 2. The van der Waals surface area contributed by atoms with Gasteiger partial charge in [0, 0.05) is 18.7 Å². The van der Waals surface area contributed by atoms with E-state index in [1.54, 1.807) is 4.90 Å². The van der Waals surface area contributed by atoms with E-state index in [0.29, 0.717) is 23.0 Å². The molecule has 5 nitrogen and oxygen atoms in total. The lowest BCUT2D eigenvalue weighted by atomic mass is 10.1. The Kier molecular flexibility index (Phi) is 4.43. The van der Waals surface area contributed by atoms with Crippen molar-refractivity contribution in [3.63, 3.8) is 0 Å². The summed E-state index contributed by atoms with van der Waals surface area (Å²) in [6.07, 6.45) is 1.41. The Bertz CT molecular complexity index is 725. The molecular weight excluding hydrogens is 310 g/mol. The van der Waals surface area contributed by atoms with E-state index in [0.717, 1.165) is 17.8 Å². The minimum atomic E-state index is -0.171. The monoisotopic (exact) mass is 329 g/mol. The lowest BCUT2D eigenvalue weighted by molar-refractivity contribution is -0.117. The fraction of sp³-hybridized carbons (Fsp3) is 0.353. The summed E-state index contributed by atoms with van der Waals surface area (Å²) in [5, 5.41) is 3.53. The molecule has 120 valence electrons. The zero-order chi connectivity index (χ0) is 16.4. The molecular formula is C17H19N3O2S. The van der Waals surface area contributed by atoms with E-state index < -0.39 is 0 Å². The summed E-state index contributed by atoms with van der Waals surface area (Å²) >= 11 is 1.30. The maximum Gasteiger partial charge on any atom is 0.267 e. The van der Waals surface area contributed by atoms with Crippen LogP contribution in [-0.2, 0) is 4.79 Å². The number of rotatable bonds is 4. The van der Waals surface area contributed by atoms with Gasteiger partial charge in [0.2, 0.25) is 5.91 Å². The van der Waals surface area contributed by atoms with Crippen molar-refractivity contribution in [2.45, 2.75) is 32.6 Å². The summed E-state index contributed by atoms with van der Waals surface area (Å²) < 4.78 is 0. The van der Waals surface area contributed by atoms with Crippen LogP contribution in [0.2, 0.25) is 0 Å². The van der Waals surface area contributed by atoms with Gasteiger partial charge in [0.1, 0.15) is 4.88 Å². The minimum Gasteiger partial charge on any atom is -0.321 e. The van der Waals surface area contributed by atoms with Crippen molar-refractivity contribution in [3.05, 3.63) is 40.9 Å². The predicted molar refractivity (Wildman–Crippen MR) is 92.2 cm³/mol. The van der Waals surface area contributed by atoms with Crippen LogP contribution in [0.4, 0.5) is 10.8 Å². The SMILES string of the molecule is CC(C)c1nc(N2CCCC2=O)sc1C(=O)Nc1ccccc1. The molecule has 1 saturated heterocycles. The minimum absolute atomic E-state index is 0.0871. The Labute approximate surface area is 139 Å². The molecule has 2 amide bonds. The van der Waals surface area contributed by atoms with E-state index >= 15 is 0 Å². The molecule has 1 N–H and O–H groups in total. The summed E-state index contributed by atoms with van der Waals surface area (Å²) in [5.41, 5.74) is 1.50. The second kappa shape index (κ2) is 6.50. The molecule has 0 aliphatic carbocycles. The molecule has 2 heterocycles. The smallest absolute Gasteiger partial charge is 0.267 e. The van der Waals surface area contributed by atoms with Crippen LogP contribution in [0.3, 0.4) is 0 Å². The molecule has 1 fully saturated rings. The van der Waals surface area contributed by atoms with Crippen LogP contribution in [0.1, 0.15) is 48.0 Å². The molecule has 23 heavy (non-hydrogen) atoms. The maximum atomic E-state index is 12.6. The number of carbonyl (C=O) groups excluding carboxylic acids is 2. The first kappa shape index (κ1) is 15.7. The second-order valence-electron chi connectivity index (χ2n) is 5.83. The first-order chi connectivity index (χ1) is 11.1. The van der Waals surface area contributed by atoms with Gasteiger partial charge in [-0.1, -0.05) is 43.4 Å². The molecule has 0 unspecified atom stereocenters.